The smallest absolute Gasteiger partial charge is 0.872 e. The van der Waals surface area contributed by atoms with Crippen LogP contribution >= 0.6 is 0 Å². The van der Waals surface area contributed by atoms with Crippen LogP contribution in [0, 0.1) is 0 Å². The van der Waals surface area contributed by atoms with Gasteiger partial charge in [-0.15, -0.1) is 5.75 Å². The SMILES string of the molecule is CCCCCCCCCCCCCCc1c([O-])cccc1Oc1ccc(S(=O)(=O)O)cc1.[Na+]. The van der Waals surface area contributed by atoms with E-state index in [-0.39, 0.29) is 40.2 Å². The van der Waals surface area contributed by atoms with Gasteiger partial charge in [-0.2, -0.15) is 8.42 Å². The quantitative estimate of drug-likeness (QED) is 0.221. The zero-order valence-electron chi connectivity index (χ0n) is 20.2. The van der Waals surface area contributed by atoms with Gasteiger partial charge in [0.05, 0.1) is 4.90 Å². The van der Waals surface area contributed by atoms with Crippen molar-refractivity contribution in [3.05, 3.63) is 48.0 Å². The van der Waals surface area contributed by atoms with E-state index >= 15 is 0 Å². The van der Waals surface area contributed by atoms with Gasteiger partial charge in [-0.25, -0.2) is 0 Å². The minimum absolute atomic E-state index is 0. The van der Waals surface area contributed by atoms with Gasteiger partial charge in [0.25, 0.3) is 10.1 Å². The van der Waals surface area contributed by atoms with E-state index in [2.05, 4.69) is 6.92 Å². The van der Waals surface area contributed by atoms with Crippen molar-refractivity contribution < 1.29 is 52.4 Å². The summed E-state index contributed by atoms with van der Waals surface area (Å²) in [5.74, 6) is 0.874. The van der Waals surface area contributed by atoms with Gasteiger partial charge in [0.15, 0.2) is 0 Å². The van der Waals surface area contributed by atoms with E-state index < -0.39 is 10.1 Å². The molecule has 178 valence electrons. The van der Waals surface area contributed by atoms with Crippen LogP contribution in [0.3, 0.4) is 0 Å². The second-order valence-electron chi connectivity index (χ2n) is 8.42. The van der Waals surface area contributed by atoms with Crippen molar-refractivity contribution in [1.29, 1.82) is 0 Å². The molecule has 0 bridgehead atoms. The zero-order valence-corrected chi connectivity index (χ0v) is 23.0. The molecule has 0 amide bonds. The first-order valence-electron chi connectivity index (χ1n) is 12.0. The van der Waals surface area contributed by atoms with Crippen molar-refractivity contribution >= 4 is 10.1 Å². The fourth-order valence-corrected chi connectivity index (χ4v) is 4.32. The topological polar surface area (TPSA) is 86.7 Å². The van der Waals surface area contributed by atoms with Gasteiger partial charge in [-0.1, -0.05) is 89.7 Å². The molecule has 0 radical (unpaired) electrons. The number of ether oxygens (including phenoxy) is 1. The van der Waals surface area contributed by atoms with Crippen LogP contribution in [0.1, 0.15) is 89.5 Å². The summed E-state index contributed by atoms with van der Waals surface area (Å²) in [5, 5.41) is 12.4. The summed E-state index contributed by atoms with van der Waals surface area (Å²) in [6.45, 7) is 2.25. The maximum Gasteiger partial charge on any atom is 1.00 e. The molecule has 0 aliphatic rings. The number of benzene rings is 2. The molecule has 2 aromatic rings. The maximum absolute atomic E-state index is 12.4. The molecule has 2 rings (SSSR count). The molecule has 0 aromatic heterocycles. The number of hydrogen-bond acceptors (Lipinski definition) is 4. The predicted molar refractivity (Wildman–Crippen MR) is 127 cm³/mol. The minimum Gasteiger partial charge on any atom is -0.872 e. The zero-order chi connectivity index (χ0) is 23.2. The Hall–Kier alpha value is -1.05. The van der Waals surface area contributed by atoms with Gasteiger partial charge in [0.2, 0.25) is 0 Å². The van der Waals surface area contributed by atoms with Crippen molar-refractivity contribution in [2.45, 2.75) is 95.3 Å². The third-order valence-electron chi connectivity index (χ3n) is 5.72. The summed E-state index contributed by atoms with van der Waals surface area (Å²) < 4.78 is 37.3. The molecule has 2 aromatic carbocycles. The molecule has 1 N–H and O–H groups in total. The fourth-order valence-electron chi connectivity index (χ4n) is 3.84. The van der Waals surface area contributed by atoms with Gasteiger partial charge in [-0.05, 0) is 48.7 Å². The first-order valence-corrected chi connectivity index (χ1v) is 13.4. The molecule has 0 aliphatic heterocycles. The Bertz CT molecular complexity index is 897. The summed E-state index contributed by atoms with van der Waals surface area (Å²) in [6.07, 6.45) is 15.9. The molecule has 0 saturated heterocycles. The Balaban J connectivity index is 0.00000544. The van der Waals surface area contributed by atoms with E-state index in [4.69, 9.17) is 9.29 Å². The maximum atomic E-state index is 12.4. The number of unbranched alkanes of at least 4 members (excludes halogenated alkanes) is 11. The first kappa shape index (κ1) is 30.0. The van der Waals surface area contributed by atoms with Crippen molar-refractivity contribution in [3.63, 3.8) is 0 Å². The van der Waals surface area contributed by atoms with Crippen molar-refractivity contribution in [2.75, 3.05) is 0 Å². The van der Waals surface area contributed by atoms with Crippen LogP contribution in [0.4, 0.5) is 0 Å². The second kappa shape index (κ2) is 16.6. The normalized spacial score (nSPS) is 11.2. The molecule has 0 unspecified atom stereocenters. The number of hydrogen-bond donors (Lipinski definition) is 1. The van der Waals surface area contributed by atoms with Crippen LogP contribution in [0.5, 0.6) is 17.2 Å². The van der Waals surface area contributed by atoms with Crippen LogP contribution < -0.4 is 39.4 Å². The second-order valence-corrected chi connectivity index (χ2v) is 9.84. The molecular formula is C26H37NaO5S. The molecule has 33 heavy (non-hydrogen) atoms. The first-order chi connectivity index (χ1) is 15.4. The average Bonchev–Trinajstić information content (AvgIpc) is 2.76. The molecule has 0 atom stereocenters. The van der Waals surface area contributed by atoms with Crippen LogP contribution in [0.2, 0.25) is 0 Å². The summed E-state index contributed by atoms with van der Waals surface area (Å²) in [4.78, 5) is -0.195. The van der Waals surface area contributed by atoms with Gasteiger partial charge in [0, 0.05) is 0 Å². The molecular weight excluding hydrogens is 447 g/mol. The molecule has 0 aliphatic carbocycles. The molecule has 5 nitrogen and oxygen atoms in total. The number of rotatable bonds is 16. The van der Waals surface area contributed by atoms with E-state index in [1.165, 1.54) is 88.5 Å². The molecule has 0 spiro atoms. The van der Waals surface area contributed by atoms with E-state index in [0.717, 1.165) is 12.8 Å². The Morgan fingerprint density at radius 3 is 1.82 bits per heavy atom. The van der Waals surface area contributed by atoms with Gasteiger partial charge >= 0.3 is 29.6 Å². The largest absolute Gasteiger partial charge is 1.00 e. The average molecular weight is 485 g/mol. The standard InChI is InChI=1S/C26H38O5S.Na/c1-2-3-4-5-6-7-8-9-10-11-12-13-15-24-25(27)16-14-17-26(24)31-22-18-20-23(21-19-22)32(28,29)30;/h14,16-21,27H,2-13,15H2,1H3,(H,28,29,30);/q;+1/p-1. The fraction of sp³-hybridized carbons (Fsp3) is 0.538. The van der Waals surface area contributed by atoms with E-state index in [1.54, 1.807) is 18.2 Å². The van der Waals surface area contributed by atoms with E-state index in [9.17, 15) is 13.5 Å². The van der Waals surface area contributed by atoms with Crippen LogP contribution in [0.15, 0.2) is 47.4 Å². The van der Waals surface area contributed by atoms with Crippen molar-refractivity contribution in [3.8, 4) is 17.2 Å². The molecule has 0 saturated carbocycles. The van der Waals surface area contributed by atoms with Crippen LogP contribution in [-0.2, 0) is 16.5 Å². The van der Waals surface area contributed by atoms with Crippen molar-refractivity contribution in [1.82, 2.24) is 0 Å². The van der Waals surface area contributed by atoms with Crippen LogP contribution in [-0.4, -0.2) is 13.0 Å². The van der Waals surface area contributed by atoms with Gasteiger partial charge < -0.3 is 9.84 Å². The third-order valence-corrected chi connectivity index (χ3v) is 6.59. The van der Waals surface area contributed by atoms with E-state index in [0.29, 0.717) is 23.5 Å². The molecule has 7 heteroatoms. The third kappa shape index (κ3) is 11.8. The summed E-state index contributed by atoms with van der Waals surface area (Å²) in [7, 11) is -4.24. The van der Waals surface area contributed by atoms with Gasteiger partial charge in [0.1, 0.15) is 11.5 Å². The summed E-state index contributed by atoms with van der Waals surface area (Å²) >= 11 is 0. The molecule has 0 heterocycles. The Morgan fingerprint density at radius 1 is 0.788 bits per heavy atom. The van der Waals surface area contributed by atoms with Crippen molar-refractivity contribution in [2.24, 2.45) is 0 Å². The Morgan fingerprint density at radius 2 is 1.30 bits per heavy atom. The molecule has 0 fully saturated rings. The Kier molecular flexibility index (Phi) is 15.0. The minimum atomic E-state index is -4.24. The van der Waals surface area contributed by atoms with E-state index in [1.807, 2.05) is 0 Å². The predicted octanol–water partition coefficient (Wildman–Crippen LogP) is 4.05. The van der Waals surface area contributed by atoms with Gasteiger partial charge in [-0.3, -0.25) is 4.55 Å². The summed E-state index contributed by atoms with van der Waals surface area (Å²) in [5.41, 5.74) is 0.651. The summed E-state index contributed by atoms with van der Waals surface area (Å²) in [6, 6.07) is 10.4. The monoisotopic (exact) mass is 484 g/mol. The Labute approximate surface area is 222 Å². The van der Waals surface area contributed by atoms with Crippen LogP contribution in [0.25, 0.3) is 0 Å².